The molecule has 1 aromatic heterocycles. The van der Waals surface area contributed by atoms with Crippen molar-refractivity contribution in [3.05, 3.63) is 11.8 Å². The molecule has 2 aliphatic rings. The smallest absolute Gasteiger partial charge is 0.410 e. The lowest BCUT2D eigenvalue weighted by Crippen LogP contribution is -2.59. The normalized spacial score (nSPS) is 27.9. The van der Waals surface area contributed by atoms with Crippen LogP contribution in [0, 0.1) is 0 Å². The van der Waals surface area contributed by atoms with Crippen LogP contribution >= 0.6 is 0 Å². The van der Waals surface area contributed by atoms with E-state index in [4.69, 9.17) is 14.2 Å². The van der Waals surface area contributed by atoms with Crippen LogP contribution in [-0.4, -0.2) is 58.0 Å². The van der Waals surface area contributed by atoms with Crippen LogP contribution in [0.25, 0.3) is 0 Å². The quantitative estimate of drug-likeness (QED) is 0.863. The van der Waals surface area contributed by atoms with E-state index in [2.05, 4.69) is 9.97 Å². The summed E-state index contributed by atoms with van der Waals surface area (Å²) in [6.07, 6.45) is 4.74. The summed E-state index contributed by atoms with van der Waals surface area (Å²) in [5.41, 5.74) is -1.18. The zero-order valence-corrected chi connectivity index (χ0v) is 16.7. The Morgan fingerprint density at radius 2 is 1.85 bits per heavy atom. The summed E-state index contributed by atoms with van der Waals surface area (Å²) in [5, 5.41) is 11.5. The molecule has 8 nitrogen and oxygen atoms in total. The summed E-state index contributed by atoms with van der Waals surface area (Å²) in [7, 11) is 2.98. The minimum Gasteiger partial charge on any atom is -0.481 e. The highest BCUT2D eigenvalue weighted by Crippen LogP contribution is 2.46. The molecule has 0 saturated carbocycles. The summed E-state index contributed by atoms with van der Waals surface area (Å²) in [6, 6.07) is -0.00102. The Hall–Kier alpha value is -2.09. The second kappa shape index (κ2) is 7.14. The number of aliphatic hydroxyl groups is 1. The Bertz CT molecular complexity index is 689. The van der Waals surface area contributed by atoms with Gasteiger partial charge >= 0.3 is 12.1 Å². The van der Waals surface area contributed by atoms with Crippen molar-refractivity contribution in [1.82, 2.24) is 14.9 Å². The van der Waals surface area contributed by atoms with E-state index in [1.165, 1.54) is 14.2 Å². The highest BCUT2D eigenvalue weighted by atomic mass is 16.6. The molecule has 2 saturated heterocycles. The second-order valence-electron chi connectivity index (χ2n) is 8.35. The molecule has 8 heteroatoms. The van der Waals surface area contributed by atoms with Gasteiger partial charge in [0.05, 0.1) is 19.8 Å². The van der Waals surface area contributed by atoms with Crippen molar-refractivity contribution >= 4 is 6.09 Å². The summed E-state index contributed by atoms with van der Waals surface area (Å²) in [5.74, 6) is 0.299. The molecule has 2 bridgehead atoms. The lowest BCUT2D eigenvalue weighted by Gasteiger charge is -2.51. The van der Waals surface area contributed by atoms with Crippen LogP contribution in [0.5, 0.6) is 11.9 Å². The van der Waals surface area contributed by atoms with Gasteiger partial charge < -0.3 is 24.2 Å². The molecule has 27 heavy (non-hydrogen) atoms. The minimum absolute atomic E-state index is 0.0934. The van der Waals surface area contributed by atoms with E-state index in [0.717, 1.165) is 19.3 Å². The number of fused-ring (bicyclic) bond motifs is 2. The molecular weight excluding hydrogens is 350 g/mol. The van der Waals surface area contributed by atoms with Gasteiger partial charge in [-0.25, -0.2) is 9.78 Å². The third-order valence-electron chi connectivity index (χ3n) is 5.22. The number of methoxy groups -OCH3 is 2. The Labute approximate surface area is 159 Å². The molecule has 150 valence electrons. The lowest BCUT2D eigenvalue weighted by molar-refractivity contribution is -0.0975. The van der Waals surface area contributed by atoms with Crippen molar-refractivity contribution < 1.29 is 24.1 Å². The van der Waals surface area contributed by atoms with Gasteiger partial charge in [-0.1, -0.05) is 0 Å². The third kappa shape index (κ3) is 3.95. The van der Waals surface area contributed by atoms with E-state index < -0.39 is 11.2 Å². The van der Waals surface area contributed by atoms with E-state index in [1.807, 2.05) is 25.7 Å². The molecule has 2 unspecified atom stereocenters. The van der Waals surface area contributed by atoms with E-state index in [-0.39, 0.29) is 24.2 Å². The zero-order valence-electron chi connectivity index (χ0n) is 16.7. The van der Waals surface area contributed by atoms with Crippen molar-refractivity contribution in [2.45, 2.75) is 76.2 Å². The first-order valence-corrected chi connectivity index (χ1v) is 9.36. The van der Waals surface area contributed by atoms with Crippen molar-refractivity contribution in [3.8, 4) is 11.9 Å². The van der Waals surface area contributed by atoms with E-state index in [0.29, 0.717) is 24.3 Å². The first-order chi connectivity index (χ1) is 12.7. The number of carbonyl (C=O) groups excluding carboxylic acids is 1. The van der Waals surface area contributed by atoms with Crippen LogP contribution in [0.2, 0.25) is 0 Å². The van der Waals surface area contributed by atoms with Gasteiger partial charge in [0.2, 0.25) is 5.88 Å². The summed E-state index contributed by atoms with van der Waals surface area (Å²) in [6.45, 7) is 5.58. The van der Waals surface area contributed by atoms with Gasteiger partial charge in [0.25, 0.3) is 0 Å². The maximum atomic E-state index is 12.7. The largest absolute Gasteiger partial charge is 0.481 e. The van der Waals surface area contributed by atoms with Crippen molar-refractivity contribution in [2.24, 2.45) is 0 Å². The maximum Gasteiger partial charge on any atom is 0.410 e. The minimum atomic E-state index is -1.16. The number of piperidine rings is 2. The lowest BCUT2D eigenvalue weighted by atomic mass is 9.73. The number of hydrogen-bond donors (Lipinski definition) is 1. The molecular formula is C19H29N3O5. The number of aromatic nitrogens is 2. The van der Waals surface area contributed by atoms with Gasteiger partial charge in [0, 0.05) is 31.1 Å². The molecule has 0 radical (unpaired) electrons. The first kappa shape index (κ1) is 19.7. The molecule has 3 heterocycles. The second-order valence-corrected chi connectivity index (χ2v) is 8.35. The number of amides is 1. The van der Waals surface area contributed by atoms with Crippen LogP contribution in [0.4, 0.5) is 4.79 Å². The van der Waals surface area contributed by atoms with Gasteiger partial charge in [-0.3, -0.25) is 0 Å². The summed E-state index contributed by atoms with van der Waals surface area (Å²) in [4.78, 5) is 22.9. The van der Waals surface area contributed by atoms with Gasteiger partial charge in [-0.15, -0.1) is 0 Å². The first-order valence-electron chi connectivity index (χ1n) is 9.36. The molecule has 1 amide bonds. The molecule has 2 aliphatic heterocycles. The third-order valence-corrected chi connectivity index (χ3v) is 5.22. The zero-order chi connectivity index (χ0) is 19.8. The standard InChI is InChI=1S/C19H29N3O5/c1-18(2,3)27-17(23)22-12-7-6-8-13(22)10-19(24,9-12)14-11-20-16(26-5)21-15(14)25-4/h11-13,24H,6-10H2,1-5H3. The Kier molecular flexibility index (Phi) is 5.20. The fourth-order valence-electron chi connectivity index (χ4n) is 4.19. The molecule has 1 N–H and O–H groups in total. The van der Waals surface area contributed by atoms with Crippen LogP contribution in [0.15, 0.2) is 6.20 Å². The predicted octanol–water partition coefficient (Wildman–Crippen LogP) is 2.63. The van der Waals surface area contributed by atoms with E-state index >= 15 is 0 Å². The summed E-state index contributed by atoms with van der Waals surface area (Å²) >= 11 is 0. The fraction of sp³-hybridized carbons (Fsp3) is 0.737. The highest BCUT2D eigenvalue weighted by Gasteiger charge is 2.50. The van der Waals surface area contributed by atoms with Gasteiger partial charge in [-0.2, -0.15) is 4.98 Å². The van der Waals surface area contributed by atoms with Gasteiger partial charge in [-0.05, 0) is 40.0 Å². The number of hydrogen-bond acceptors (Lipinski definition) is 7. The predicted molar refractivity (Wildman–Crippen MR) is 97.8 cm³/mol. The van der Waals surface area contributed by atoms with Crippen LogP contribution < -0.4 is 9.47 Å². The summed E-state index contributed by atoms with van der Waals surface area (Å²) < 4.78 is 16.0. The monoisotopic (exact) mass is 379 g/mol. The van der Waals surface area contributed by atoms with Gasteiger partial charge in [0.1, 0.15) is 11.2 Å². The molecule has 2 fully saturated rings. The average Bonchev–Trinajstić information content (AvgIpc) is 2.58. The highest BCUT2D eigenvalue weighted by molar-refractivity contribution is 5.69. The Balaban J connectivity index is 1.88. The number of nitrogens with zero attached hydrogens (tertiary/aromatic N) is 3. The molecule has 0 aliphatic carbocycles. The van der Waals surface area contributed by atoms with Crippen molar-refractivity contribution in [2.75, 3.05) is 14.2 Å². The van der Waals surface area contributed by atoms with Crippen molar-refractivity contribution in [3.63, 3.8) is 0 Å². The number of rotatable bonds is 3. The topological polar surface area (TPSA) is 94.0 Å². The van der Waals surface area contributed by atoms with Crippen LogP contribution in [0.3, 0.4) is 0 Å². The SMILES string of the molecule is COc1ncc(C2(O)CC3CCCC(C2)N3C(=O)OC(C)(C)C)c(OC)n1. The molecule has 0 aromatic carbocycles. The molecule has 2 atom stereocenters. The maximum absolute atomic E-state index is 12.7. The Morgan fingerprint density at radius 1 is 1.22 bits per heavy atom. The van der Waals surface area contributed by atoms with Crippen LogP contribution in [-0.2, 0) is 10.3 Å². The molecule has 3 rings (SSSR count). The Morgan fingerprint density at radius 3 is 2.37 bits per heavy atom. The van der Waals surface area contributed by atoms with Crippen LogP contribution in [0.1, 0.15) is 58.4 Å². The number of carbonyl (C=O) groups is 1. The van der Waals surface area contributed by atoms with E-state index in [9.17, 15) is 9.90 Å². The number of ether oxygens (including phenoxy) is 3. The molecule has 0 spiro atoms. The van der Waals surface area contributed by atoms with Gasteiger partial charge in [0.15, 0.2) is 0 Å². The molecule has 1 aromatic rings. The fourth-order valence-corrected chi connectivity index (χ4v) is 4.19. The average molecular weight is 379 g/mol. The van der Waals surface area contributed by atoms with Crippen molar-refractivity contribution in [1.29, 1.82) is 0 Å². The van der Waals surface area contributed by atoms with E-state index in [1.54, 1.807) is 6.20 Å².